The number of piperidine rings is 1. The van der Waals surface area contributed by atoms with Crippen molar-refractivity contribution >= 4 is 35.6 Å². The van der Waals surface area contributed by atoms with Crippen LogP contribution in [0.5, 0.6) is 0 Å². The molecular formula is C17H24ClN5OS. The van der Waals surface area contributed by atoms with Crippen molar-refractivity contribution in [2.45, 2.75) is 38.0 Å². The molecule has 2 aromatic rings. The van der Waals surface area contributed by atoms with Crippen LogP contribution in [0, 0.1) is 12.8 Å². The van der Waals surface area contributed by atoms with Gasteiger partial charge in [0.25, 0.3) is 0 Å². The van der Waals surface area contributed by atoms with E-state index in [1.165, 1.54) is 10.4 Å². The minimum absolute atomic E-state index is 0. The zero-order chi connectivity index (χ0) is 16.7. The summed E-state index contributed by atoms with van der Waals surface area (Å²) in [5.74, 6) is 2.34. The molecule has 0 aromatic carbocycles. The van der Waals surface area contributed by atoms with E-state index in [-0.39, 0.29) is 24.2 Å². The van der Waals surface area contributed by atoms with Gasteiger partial charge >= 0.3 is 0 Å². The minimum atomic E-state index is 0. The van der Waals surface area contributed by atoms with Crippen molar-refractivity contribution in [3.05, 3.63) is 27.7 Å². The molecule has 1 amide bonds. The highest BCUT2D eigenvalue weighted by molar-refractivity contribution is 7.10. The van der Waals surface area contributed by atoms with Gasteiger partial charge in [0.05, 0.1) is 0 Å². The van der Waals surface area contributed by atoms with E-state index >= 15 is 0 Å². The van der Waals surface area contributed by atoms with E-state index in [1.807, 2.05) is 7.05 Å². The van der Waals surface area contributed by atoms with E-state index in [0.29, 0.717) is 17.8 Å². The fourth-order valence-corrected chi connectivity index (χ4v) is 4.62. The molecule has 4 rings (SSSR count). The highest BCUT2D eigenvalue weighted by atomic mass is 35.5. The lowest BCUT2D eigenvalue weighted by atomic mass is 9.98. The molecule has 1 aliphatic heterocycles. The molecule has 3 heterocycles. The average molecular weight is 382 g/mol. The Bertz CT molecular complexity index is 752. The third-order valence-electron chi connectivity index (χ3n) is 5.08. The van der Waals surface area contributed by atoms with Crippen molar-refractivity contribution in [2.24, 2.45) is 13.0 Å². The number of anilines is 1. The van der Waals surface area contributed by atoms with Gasteiger partial charge in [-0.25, -0.2) is 4.68 Å². The smallest absolute Gasteiger partial charge is 0.230 e. The fraction of sp³-hybridized carbons (Fsp3) is 0.588. The first-order chi connectivity index (χ1) is 11.6. The van der Waals surface area contributed by atoms with Crippen LogP contribution in [0.4, 0.5) is 5.95 Å². The van der Waals surface area contributed by atoms with Crippen LogP contribution in [-0.2, 0) is 11.8 Å². The highest BCUT2D eigenvalue weighted by Gasteiger charge is 2.45. The molecular weight excluding hydrogens is 358 g/mol. The number of carbonyl (C=O) groups excluding carboxylic acids is 1. The molecule has 2 fully saturated rings. The molecule has 2 aliphatic rings. The third-order valence-corrected chi connectivity index (χ3v) is 6.24. The number of amides is 1. The first-order valence-electron chi connectivity index (χ1n) is 8.60. The Morgan fingerprint density at radius 1 is 1.40 bits per heavy atom. The molecule has 0 bridgehead atoms. The van der Waals surface area contributed by atoms with Crippen LogP contribution in [0.3, 0.4) is 0 Å². The standard InChI is InChI=1S/C17H23N5OS.ClH/c1-10-5-8-24-14(10)12-9-13(12)16(23)20-17-19-15(21-22(17)2)11-3-6-18-7-4-11;/h5,8,11-13,18H,3-4,6-7,9H2,1-2H3,(H,19,20,21,23);1H. The van der Waals surface area contributed by atoms with Crippen molar-refractivity contribution in [1.29, 1.82) is 0 Å². The van der Waals surface area contributed by atoms with Gasteiger partial charge in [0, 0.05) is 29.7 Å². The van der Waals surface area contributed by atoms with Gasteiger partial charge in [-0.2, -0.15) is 10.1 Å². The Hall–Kier alpha value is -1.44. The maximum Gasteiger partial charge on any atom is 0.230 e. The second kappa shape index (κ2) is 7.43. The second-order valence-electron chi connectivity index (χ2n) is 6.85. The van der Waals surface area contributed by atoms with E-state index in [1.54, 1.807) is 16.0 Å². The molecule has 2 atom stereocenters. The number of aromatic nitrogens is 3. The molecule has 2 aromatic heterocycles. The molecule has 25 heavy (non-hydrogen) atoms. The number of carbonyl (C=O) groups is 1. The van der Waals surface area contributed by atoms with E-state index < -0.39 is 0 Å². The number of aryl methyl sites for hydroxylation is 2. The maximum absolute atomic E-state index is 12.5. The largest absolute Gasteiger partial charge is 0.317 e. The van der Waals surface area contributed by atoms with Gasteiger partial charge in [-0.3, -0.25) is 10.1 Å². The van der Waals surface area contributed by atoms with Crippen LogP contribution < -0.4 is 10.6 Å². The van der Waals surface area contributed by atoms with Gasteiger partial charge < -0.3 is 5.32 Å². The summed E-state index contributed by atoms with van der Waals surface area (Å²) in [5.41, 5.74) is 1.30. The molecule has 1 saturated carbocycles. The van der Waals surface area contributed by atoms with Crippen molar-refractivity contribution in [2.75, 3.05) is 18.4 Å². The SMILES string of the molecule is Cc1ccsc1C1CC1C(=O)Nc1nc(C2CCNCC2)nn1C.Cl. The lowest BCUT2D eigenvalue weighted by molar-refractivity contribution is -0.117. The second-order valence-corrected chi connectivity index (χ2v) is 7.79. The molecule has 2 unspecified atom stereocenters. The summed E-state index contributed by atoms with van der Waals surface area (Å²) in [6.45, 7) is 4.14. The number of nitrogens with one attached hydrogen (secondary N) is 2. The molecule has 2 N–H and O–H groups in total. The Balaban J connectivity index is 0.00000182. The van der Waals surface area contributed by atoms with Crippen LogP contribution in [0.15, 0.2) is 11.4 Å². The van der Waals surface area contributed by atoms with Crippen molar-refractivity contribution in [3.8, 4) is 0 Å². The number of hydrogen-bond acceptors (Lipinski definition) is 5. The summed E-state index contributed by atoms with van der Waals surface area (Å²) < 4.78 is 1.70. The van der Waals surface area contributed by atoms with Gasteiger partial charge in [-0.05, 0) is 56.3 Å². The summed E-state index contributed by atoms with van der Waals surface area (Å²) in [6.07, 6.45) is 3.05. The van der Waals surface area contributed by atoms with Crippen LogP contribution in [0.1, 0.15) is 47.4 Å². The van der Waals surface area contributed by atoms with Gasteiger partial charge in [0.1, 0.15) is 0 Å². The molecule has 8 heteroatoms. The maximum atomic E-state index is 12.5. The predicted octanol–water partition coefficient (Wildman–Crippen LogP) is 2.82. The quantitative estimate of drug-likeness (QED) is 0.854. The van der Waals surface area contributed by atoms with Crippen LogP contribution in [-0.4, -0.2) is 33.8 Å². The molecule has 0 spiro atoms. The first kappa shape index (κ1) is 18.4. The van der Waals surface area contributed by atoms with Crippen LogP contribution >= 0.6 is 23.7 Å². The van der Waals surface area contributed by atoms with Gasteiger partial charge in [0.15, 0.2) is 5.82 Å². The van der Waals surface area contributed by atoms with E-state index in [0.717, 1.165) is 38.2 Å². The number of hydrogen-bond donors (Lipinski definition) is 2. The molecule has 0 radical (unpaired) electrons. The zero-order valence-corrected chi connectivity index (χ0v) is 16.1. The van der Waals surface area contributed by atoms with E-state index in [2.05, 4.69) is 39.1 Å². The summed E-state index contributed by atoms with van der Waals surface area (Å²) >= 11 is 1.75. The van der Waals surface area contributed by atoms with E-state index in [4.69, 9.17) is 0 Å². The van der Waals surface area contributed by atoms with Crippen LogP contribution in [0.2, 0.25) is 0 Å². The molecule has 136 valence electrons. The van der Waals surface area contributed by atoms with Crippen molar-refractivity contribution < 1.29 is 4.79 Å². The highest BCUT2D eigenvalue weighted by Crippen LogP contribution is 2.50. The number of nitrogens with zero attached hydrogens (tertiary/aromatic N) is 3. The number of rotatable bonds is 4. The van der Waals surface area contributed by atoms with Gasteiger partial charge in [0.2, 0.25) is 11.9 Å². The monoisotopic (exact) mass is 381 g/mol. The summed E-state index contributed by atoms with van der Waals surface area (Å²) in [7, 11) is 1.85. The van der Waals surface area contributed by atoms with E-state index in [9.17, 15) is 4.79 Å². The lowest BCUT2D eigenvalue weighted by Crippen LogP contribution is -2.27. The lowest BCUT2D eigenvalue weighted by Gasteiger charge is -2.19. The molecule has 1 saturated heterocycles. The fourth-order valence-electron chi connectivity index (χ4n) is 3.51. The zero-order valence-electron chi connectivity index (χ0n) is 14.5. The number of halogens is 1. The summed E-state index contributed by atoms with van der Waals surface area (Å²) in [5, 5.41) is 13.0. The predicted molar refractivity (Wildman–Crippen MR) is 102 cm³/mol. The Kier molecular flexibility index (Phi) is 5.46. The van der Waals surface area contributed by atoms with Crippen molar-refractivity contribution in [3.63, 3.8) is 0 Å². The molecule has 6 nitrogen and oxygen atoms in total. The summed E-state index contributed by atoms with van der Waals surface area (Å²) in [4.78, 5) is 18.5. The normalized spacial score (nSPS) is 23.1. The minimum Gasteiger partial charge on any atom is -0.317 e. The van der Waals surface area contributed by atoms with Crippen LogP contribution in [0.25, 0.3) is 0 Å². The topological polar surface area (TPSA) is 71.8 Å². The molecule has 1 aliphatic carbocycles. The van der Waals surface area contributed by atoms with Crippen molar-refractivity contribution in [1.82, 2.24) is 20.1 Å². The Morgan fingerprint density at radius 3 is 2.84 bits per heavy atom. The Labute approximate surface area is 157 Å². The third kappa shape index (κ3) is 3.73. The number of thiophene rings is 1. The van der Waals surface area contributed by atoms with Gasteiger partial charge in [-0.15, -0.1) is 23.7 Å². The average Bonchev–Trinajstić information content (AvgIpc) is 3.14. The first-order valence-corrected chi connectivity index (χ1v) is 9.48. The van der Waals surface area contributed by atoms with Gasteiger partial charge in [-0.1, -0.05) is 0 Å². The summed E-state index contributed by atoms with van der Waals surface area (Å²) in [6, 6.07) is 2.13. The Morgan fingerprint density at radius 2 is 2.16 bits per heavy atom.